The zero-order chi connectivity index (χ0) is 19.0. The van der Waals surface area contributed by atoms with Crippen molar-refractivity contribution in [2.75, 3.05) is 26.3 Å². The second kappa shape index (κ2) is 7.22. The SMILES string of the molecule is O=C1C[C@H]2N(Cc3cccc(OCCCn4ccnc4)c3)CC[C@]23OCCN13. The van der Waals surface area contributed by atoms with Crippen molar-refractivity contribution in [3.05, 3.63) is 48.5 Å². The highest BCUT2D eigenvalue weighted by molar-refractivity contribution is 5.81. The molecule has 1 spiro atoms. The van der Waals surface area contributed by atoms with Gasteiger partial charge in [0.25, 0.3) is 0 Å². The second-order valence-electron chi connectivity index (χ2n) is 7.83. The zero-order valence-electron chi connectivity index (χ0n) is 16.0. The molecular formula is C21H26N4O3. The predicted octanol–water partition coefficient (Wildman–Crippen LogP) is 1.89. The minimum Gasteiger partial charge on any atom is -0.494 e. The molecule has 7 heteroatoms. The summed E-state index contributed by atoms with van der Waals surface area (Å²) in [6.07, 6.45) is 8.00. The van der Waals surface area contributed by atoms with E-state index in [2.05, 4.69) is 26.6 Å². The number of hydrogen-bond acceptors (Lipinski definition) is 5. The Morgan fingerprint density at radius 3 is 3.18 bits per heavy atom. The fourth-order valence-corrected chi connectivity index (χ4v) is 4.89. The van der Waals surface area contributed by atoms with Crippen LogP contribution in [0.25, 0.3) is 0 Å². The van der Waals surface area contributed by atoms with Crippen LogP contribution in [-0.2, 0) is 22.6 Å². The van der Waals surface area contributed by atoms with Gasteiger partial charge in [-0.05, 0) is 24.1 Å². The van der Waals surface area contributed by atoms with Crippen LogP contribution in [0.1, 0.15) is 24.8 Å². The van der Waals surface area contributed by atoms with Crippen molar-refractivity contribution in [2.45, 2.75) is 44.1 Å². The van der Waals surface area contributed by atoms with Crippen molar-refractivity contribution in [2.24, 2.45) is 0 Å². The number of rotatable bonds is 7. The maximum absolute atomic E-state index is 12.3. The van der Waals surface area contributed by atoms with Gasteiger partial charge >= 0.3 is 0 Å². The predicted molar refractivity (Wildman–Crippen MR) is 103 cm³/mol. The Morgan fingerprint density at radius 1 is 1.32 bits per heavy atom. The third-order valence-corrected chi connectivity index (χ3v) is 6.18. The third-order valence-electron chi connectivity index (χ3n) is 6.18. The van der Waals surface area contributed by atoms with Gasteiger partial charge in [-0.15, -0.1) is 0 Å². The monoisotopic (exact) mass is 382 g/mol. The first-order valence-electron chi connectivity index (χ1n) is 10.1. The number of aromatic nitrogens is 2. The number of carbonyl (C=O) groups excluding carboxylic acids is 1. The van der Waals surface area contributed by atoms with E-state index < -0.39 is 0 Å². The first kappa shape index (κ1) is 17.7. The Kier molecular flexibility index (Phi) is 4.56. The summed E-state index contributed by atoms with van der Waals surface area (Å²) >= 11 is 0. The van der Waals surface area contributed by atoms with Crippen molar-refractivity contribution < 1.29 is 14.3 Å². The largest absolute Gasteiger partial charge is 0.494 e. The molecule has 0 unspecified atom stereocenters. The fourth-order valence-electron chi connectivity index (χ4n) is 4.89. The van der Waals surface area contributed by atoms with Gasteiger partial charge in [-0.1, -0.05) is 12.1 Å². The molecular weight excluding hydrogens is 356 g/mol. The molecule has 4 heterocycles. The van der Waals surface area contributed by atoms with E-state index in [1.165, 1.54) is 5.56 Å². The van der Waals surface area contributed by atoms with Crippen LogP contribution < -0.4 is 4.74 Å². The van der Waals surface area contributed by atoms with Gasteiger partial charge in [-0.2, -0.15) is 0 Å². The normalized spacial score (nSPS) is 26.6. The molecule has 1 aromatic carbocycles. The van der Waals surface area contributed by atoms with Crippen LogP contribution in [0.3, 0.4) is 0 Å². The Labute approximate surface area is 164 Å². The summed E-state index contributed by atoms with van der Waals surface area (Å²) in [5.41, 5.74) is 0.853. The molecule has 3 aliphatic rings. The lowest BCUT2D eigenvalue weighted by atomic mass is 10.1. The van der Waals surface area contributed by atoms with Crippen LogP contribution in [0.2, 0.25) is 0 Å². The number of aryl methyl sites for hydroxylation is 1. The molecule has 5 rings (SSSR count). The molecule has 1 amide bonds. The highest BCUT2D eigenvalue weighted by Gasteiger charge is 2.61. The number of ether oxygens (including phenoxy) is 2. The van der Waals surface area contributed by atoms with Crippen LogP contribution in [0, 0.1) is 0 Å². The van der Waals surface area contributed by atoms with Crippen molar-refractivity contribution >= 4 is 5.91 Å². The van der Waals surface area contributed by atoms with E-state index in [1.54, 1.807) is 6.20 Å². The molecule has 0 saturated carbocycles. The van der Waals surface area contributed by atoms with E-state index in [4.69, 9.17) is 9.47 Å². The number of carbonyl (C=O) groups is 1. The van der Waals surface area contributed by atoms with Crippen molar-refractivity contribution in [1.82, 2.24) is 19.4 Å². The van der Waals surface area contributed by atoms with Gasteiger partial charge in [0.05, 0.1) is 25.6 Å². The van der Waals surface area contributed by atoms with Gasteiger partial charge in [0.15, 0.2) is 5.72 Å². The molecule has 0 N–H and O–H groups in total. The molecule has 0 bridgehead atoms. The van der Waals surface area contributed by atoms with Crippen LogP contribution in [-0.4, -0.2) is 63.3 Å². The fraction of sp³-hybridized carbons (Fsp3) is 0.524. The number of hydrogen-bond donors (Lipinski definition) is 0. The summed E-state index contributed by atoms with van der Waals surface area (Å²) in [6, 6.07) is 8.47. The first-order valence-corrected chi connectivity index (χ1v) is 10.1. The molecule has 2 atom stereocenters. The number of benzene rings is 1. The number of nitrogens with zero attached hydrogens (tertiary/aromatic N) is 4. The lowest BCUT2D eigenvalue weighted by Gasteiger charge is -2.31. The minimum atomic E-state index is -0.363. The van der Waals surface area contributed by atoms with Gasteiger partial charge in [-0.25, -0.2) is 4.98 Å². The van der Waals surface area contributed by atoms with Crippen LogP contribution >= 0.6 is 0 Å². The van der Waals surface area contributed by atoms with Crippen molar-refractivity contribution in [1.29, 1.82) is 0 Å². The zero-order valence-corrected chi connectivity index (χ0v) is 16.0. The first-order chi connectivity index (χ1) is 13.7. The van der Waals surface area contributed by atoms with Gasteiger partial charge in [0, 0.05) is 51.4 Å². The average Bonchev–Trinajstić information content (AvgIpc) is 3.46. The molecule has 0 radical (unpaired) electrons. The molecule has 3 fully saturated rings. The van der Waals surface area contributed by atoms with E-state index in [1.807, 2.05) is 29.6 Å². The van der Waals surface area contributed by atoms with Crippen LogP contribution in [0.5, 0.6) is 5.75 Å². The van der Waals surface area contributed by atoms with Gasteiger partial charge in [-0.3, -0.25) is 9.69 Å². The van der Waals surface area contributed by atoms with E-state index >= 15 is 0 Å². The number of imidazole rings is 1. The van der Waals surface area contributed by atoms with E-state index in [-0.39, 0.29) is 17.7 Å². The molecule has 148 valence electrons. The smallest absolute Gasteiger partial charge is 0.226 e. The van der Waals surface area contributed by atoms with Crippen molar-refractivity contribution in [3.8, 4) is 5.75 Å². The van der Waals surface area contributed by atoms with E-state index in [0.717, 1.165) is 44.8 Å². The summed E-state index contributed by atoms with van der Waals surface area (Å²) in [5, 5.41) is 0. The molecule has 3 saturated heterocycles. The maximum atomic E-state index is 12.3. The quantitative estimate of drug-likeness (QED) is 0.685. The Bertz CT molecular complexity index is 840. The van der Waals surface area contributed by atoms with Gasteiger partial charge < -0.3 is 18.9 Å². The number of amides is 1. The topological polar surface area (TPSA) is 59.8 Å². The van der Waals surface area contributed by atoms with E-state index in [9.17, 15) is 4.79 Å². The molecule has 28 heavy (non-hydrogen) atoms. The van der Waals surface area contributed by atoms with E-state index in [0.29, 0.717) is 19.6 Å². The average molecular weight is 382 g/mol. The standard InChI is InChI=1S/C21H26N4O3/c26-20-14-19-21(25(20)10-12-28-21)5-8-24(19)15-17-3-1-4-18(13-17)27-11-2-7-23-9-6-22-16-23/h1,3-4,6,9,13,16,19H,2,5,7-8,10-12,14-15H2/t19-,21+/m1/s1. The highest BCUT2D eigenvalue weighted by atomic mass is 16.5. The summed E-state index contributed by atoms with van der Waals surface area (Å²) in [6.45, 7) is 4.77. The molecule has 7 nitrogen and oxygen atoms in total. The lowest BCUT2D eigenvalue weighted by Crippen LogP contribution is -2.47. The van der Waals surface area contributed by atoms with Crippen LogP contribution in [0.4, 0.5) is 0 Å². The Hall–Kier alpha value is -2.38. The molecule has 3 aliphatic heterocycles. The summed E-state index contributed by atoms with van der Waals surface area (Å²) < 4.78 is 14.1. The number of likely N-dealkylation sites (tertiary alicyclic amines) is 1. The molecule has 0 aliphatic carbocycles. The van der Waals surface area contributed by atoms with Gasteiger partial charge in [0.2, 0.25) is 5.91 Å². The summed E-state index contributed by atoms with van der Waals surface area (Å²) in [4.78, 5) is 20.8. The minimum absolute atomic E-state index is 0.169. The highest BCUT2D eigenvalue weighted by Crippen LogP contribution is 2.45. The van der Waals surface area contributed by atoms with Gasteiger partial charge in [0.1, 0.15) is 5.75 Å². The Morgan fingerprint density at radius 2 is 2.29 bits per heavy atom. The summed E-state index contributed by atoms with van der Waals surface area (Å²) in [7, 11) is 0. The van der Waals surface area contributed by atoms with Crippen molar-refractivity contribution in [3.63, 3.8) is 0 Å². The maximum Gasteiger partial charge on any atom is 0.226 e. The molecule has 2 aromatic rings. The van der Waals surface area contributed by atoms with Crippen LogP contribution in [0.15, 0.2) is 43.0 Å². The summed E-state index contributed by atoms with van der Waals surface area (Å²) in [5.74, 6) is 1.14. The second-order valence-corrected chi connectivity index (χ2v) is 7.83. The Balaban J connectivity index is 1.18. The molecule has 1 aromatic heterocycles. The lowest BCUT2D eigenvalue weighted by molar-refractivity contribution is -0.136. The third kappa shape index (κ3) is 3.08.